The molecule has 53 heavy (non-hydrogen) atoms. The highest BCUT2D eigenvalue weighted by molar-refractivity contribution is 5.92. The van der Waals surface area contributed by atoms with Crippen LogP contribution in [0.4, 0.5) is 13.2 Å². The van der Waals surface area contributed by atoms with E-state index < -0.39 is 35.7 Å². The molecule has 10 heteroatoms. The quantitative estimate of drug-likeness (QED) is 0.170. The van der Waals surface area contributed by atoms with E-state index in [1.54, 1.807) is 35.2 Å². The largest absolute Gasteiger partial charge is 0.480 e. The summed E-state index contributed by atoms with van der Waals surface area (Å²) in [6, 6.07) is 22.6. The number of amides is 2. The molecule has 1 unspecified atom stereocenters. The number of fused-ring (bicyclic) bond motifs is 1. The molecule has 0 aromatic heterocycles. The van der Waals surface area contributed by atoms with Gasteiger partial charge < -0.3 is 20.1 Å². The molecule has 1 heterocycles. The van der Waals surface area contributed by atoms with Crippen molar-refractivity contribution in [2.75, 3.05) is 6.54 Å². The molecular weight excluding hydrogens is 681 g/mol. The van der Waals surface area contributed by atoms with Gasteiger partial charge in [0.15, 0.2) is 0 Å². The van der Waals surface area contributed by atoms with Crippen molar-refractivity contribution in [1.29, 1.82) is 0 Å². The van der Waals surface area contributed by atoms with Crippen LogP contribution in [0, 0.1) is 5.92 Å². The molecule has 1 aliphatic carbocycles. The number of halogens is 3. The van der Waals surface area contributed by atoms with Crippen LogP contribution in [-0.4, -0.2) is 40.4 Å². The third kappa shape index (κ3) is 9.10. The third-order valence-electron chi connectivity index (χ3n) is 10.4. The van der Waals surface area contributed by atoms with E-state index in [2.05, 4.69) is 26.1 Å². The fourth-order valence-electron chi connectivity index (χ4n) is 7.32. The first-order chi connectivity index (χ1) is 25.2. The maximum absolute atomic E-state index is 14.3. The van der Waals surface area contributed by atoms with E-state index in [4.69, 9.17) is 4.74 Å². The standard InChI is InChI=1S/C43H45F3N2O5/c1-42(2,3)32-17-20-34(21-18-32)53-35-19-14-31-22-23-48(38(49)25-27-6-4-5-7-27)39(36(31)26-35)40(50)47-37(41(51)52)24-28-8-10-29(11-9-28)30-12-15-33(16-13-30)43(44,45)46/h8-21,26-27,37,39H,4-7,22-25H2,1-3H3,(H,47,50)(H,51,52)/t37-,39?/m0/s1. The Labute approximate surface area is 308 Å². The van der Waals surface area contributed by atoms with Crippen molar-refractivity contribution in [3.05, 3.63) is 119 Å². The number of alkyl halides is 3. The number of carbonyl (C=O) groups excluding carboxylic acids is 2. The van der Waals surface area contributed by atoms with E-state index in [0.29, 0.717) is 53.1 Å². The van der Waals surface area contributed by atoms with Crippen LogP contribution in [0.5, 0.6) is 11.5 Å². The van der Waals surface area contributed by atoms with Crippen molar-refractivity contribution in [3.8, 4) is 22.6 Å². The number of aliphatic carboxylic acids is 1. The number of ether oxygens (including phenoxy) is 1. The van der Waals surface area contributed by atoms with Gasteiger partial charge in [-0.05, 0) is 100 Å². The summed E-state index contributed by atoms with van der Waals surface area (Å²) in [7, 11) is 0. The fourth-order valence-corrected chi connectivity index (χ4v) is 7.32. The molecule has 0 spiro atoms. The first-order valence-electron chi connectivity index (χ1n) is 18.2. The van der Waals surface area contributed by atoms with Crippen molar-refractivity contribution in [3.63, 3.8) is 0 Å². The Kier molecular flexibility index (Phi) is 11.0. The summed E-state index contributed by atoms with van der Waals surface area (Å²) < 4.78 is 45.3. The van der Waals surface area contributed by atoms with Crippen molar-refractivity contribution in [2.24, 2.45) is 5.92 Å². The molecule has 2 N–H and O–H groups in total. The van der Waals surface area contributed by atoms with Gasteiger partial charge >= 0.3 is 12.1 Å². The Morgan fingerprint density at radius 3 is 2.00 bits per heavy atom. The Hall–Kier alpha value is -5.12. The van der Waals surface area contributed by atoms with Crippen LogP contribution in [0.25, 0.3) is 11.1 Å². The lowest BCUT2D eigenvalue weighted by Crippen LogP contribution is -2.51. The third-order valence-corrected chi connectivity index (χ3v) is 10.4. The summed E-state index contributed by atoms with van der Waals surface area (Å²) >= 11 is 0. The molecule has 0 saturated heterocycles. The minimum atomic E-state index is -4.44. The van der Waals surface area contributed by atoms with E-state index >= 15 is 0 Å². The second-order valence-electron chi connectivity index (χ2n) is 15.2. The molecule has 0 radical (unpaired) electrons. The first kappa shape index (κ1) is 37.6. The number of rotatable bonds is 10. The normalized spacial score (nSPS) is 16.9. The Bertz CT molecular complexity index is 1930. The number of hydrogen-bond acceptors (Lipinski definition) is 4. The maximum atomic E-state index is 14.3. The molecule has 4 aromatic carbocycles. The van der Waals surface area contributed by atoms with Gasteiger partial charge in [-0.3, -0.25) is 9.59 Å². The van der Waals surface area contributed by atoms with E-state index in [9.17, 15) is 32.7 Å². The van der Waals surface area contributed by atoms with Gasteiger partial charge in [-0.2, -0.15) is 13.2 Å². The van der Waals surface area contributed by atoms with Gasteiger partial charge in [-0.25, -0.2) is 4.79 Å². The molecule has 7 nitrogen and oxygen atoms in total. The van der Waals surface area contributed by atoms with Crippen molar-refractivity contribution in [1.82, 2.24) is 10.2 Å². The van der Waals surface area contributed by atoms with Gasteiger partial charge in [-0.1, -0.05) is 88.2 Å². The minimum absolute atomic E-state index is 0.0217. The van der Waals surface area contributed by atoms with Crippen molar-refractivity contribution in [2.45, 2.75) is 89.4 Å². The predicted octanol–water partition coefficient (Wildman–Crippen LogP) is 9.28. The number of carboxylic acid groups (broad SMARTS) is 1. The van der Waals surface area contributed by atoms with Gasteiger partial charge in [0.1, 0.15) is 23.6 Å². The van der Waals surface area contributed by atoms with E-state index in [-0.39, 0.29) is 23.7 Å². The lowest BCUT2D eigenvalue weighted by Gasteiger charge is -2.37. The number of hydrogen-bond donors (Lipinski definition) is 2. The van der Waals surface area contributed by atoms with Gasteiger partial charge in [0.25, 0.3) is 0 Å². The number of carbonyl (C=O) groups is 3. The van der Waals surface area contributed by atoms with Crippen molar-refractivity contribution >= 4 is 17.8 Å². The molecule has 1 fully saturated rings. The molecule has 2 amide bonds. The summed E-state index contributed by atoms with van der Waals surface area (Å²) in [4.78, 5) is 42.2. The SMILES string of the molecule is CC(C)(C)c1ccc(Oc2ccc3c(c2)C(C(=O)N[C@@H](Cc2ccc(-c4ccc(C(F)(F)F)cc4)cc2)C(=O)O)N(C(=O)CC2CCCC2)CC3)cc1. The average molecular weight is 727 g/mol. The highest BCUT2D eigenvalue weighted by Gasteiger charge is 2.39. The second-order valence-corrected chi connectivity index (χ2v) is 15.2. The molecule has 2 atom stereocenters. The lowest BCUT2D eigenvalue weighted by atomic mass is 9.87. The highest BCUT2D eigenvalue weighted by Crippen LogP contribution is 2.37. The van der Waals surface area contributed by atoms with Gasteiger partial charge in [0.2, 0.25) is 11.8 Å². The zero-order valence-electron chi connectivity index (χ0n) is 30.2. The Balaban J connectivity index is 1.23. The summed E-state index contributed by atoms with van der Waals surface area (Å²) in [6.07, 6.45) is 0.495. The Morgan fingerprint density at radius 1 is 0.830 bits per heavy atom. The molecule has 0 bridgehead atoms. The van der Waals surface area contributed by atoms with E-state index in [0.717, 1.165) is 48.9 Å². The monoisotopic (exact) mass is 726 g/mol. The zero-order chi connectivity index (χ0) is 37.9. The first-order valence-corrected chi connectivity index (χ1v) is 18.2. The average Bonchev–Trinajstić information content (AvgIpc) is 3.63. The molecular formula is C43H45F3N2O5. The maximum Gasteiger partial charge on any atom is 0.416 e. The van der Waals surface area contributed by atoms with Crippen LogP contribution in [0.15, 0.2) is 91.0 Å². The van der Waals surface area contributed by atoms with Gasteiger partial charge in [0, 0.05) is 19.4 Å². The predicted molar refractivity (Wildman–Crippen MR) is 197 cm³/mol. The van der Waals surface area contributed by atoms with Crippen LogP contribution in [-0.2, 0) is 38.8 Å². The second kappa shape index (κ2) is 15.5. The number of carboxylic acids is 1. The van der Waals surface area contributed by atoms with Crippen molar-refractivity contribution < 1.29 is 37.4 Å². The molecule has 1 aliphatic heterocycles. The Morgan fingerprint density at radius 2 is 1.42 bits per heavy atom. The molecule has 4 aromatic rings. The summed E-state index contributed by atoms with van der Waals surface area (Å²) in [6.45, 7) is 6.73. The topological polar surface area (TPSA) is 95.9 Å². The summed E-state index contributed by atoms with van der Waals surface area (Å²) in [5.41, 5.74) is 3.73. The molecule has 2 aliphatic rings. The highest BCUT2D eigenvalue weighted by atomic mass is 19.4. The molecule has 278 valence electrons. The fraction of sp³-hybridized carbons (Fsp3) is 0.372. The van der Waals surface area contributed by atoms with E-state index in [1.165, 1.54) is 12.1 Å². The van der Waals surface area contributed by atoms with Crippen LogP contribution in [0.3, 0.4) is 0 Å². The molecule has 6 rings (SSSR count). The van der Waals surface area contributed by atoms with Crippen LogP contribution < -0.4 is 10.1 Å². The number of nitrogens with zero attached hydrogens (tertiary/aromatic N) is 1. The number of nitrogens with one attached hydrogen (secondary N) is 1. The van der Waals surface area contributed by atoms with E-state index in [1.807, 2.05) is 36.4 Å². The zero-order valence-corrected chi connectivity index (χ0v) is 30.2. The number of benzene rings is 4. The minimum Gasteiger partial charge on any atom is -0.480 e. The van der Waals surface area contributed by atoms with Gasteiger partial charge in [0.05, 0.1) is 5.56 Å². The summed E-state index contributed by atoms with van der Waals surface area (Å²) in [5, 5.41) is 13.0. The van der Waals surface area contributed by atoms with Crippen LogP contribution >= 0.6 is 0 Å². The van der Waals surface area contributed by atoms with Crippen LogP contribution in [0.2, 0.25) is 0 Å². The molecule has 1 saturated carbocycles. The van der Waals surface area contributed by atoms with Gasteiger partial charge in [-0.15, -0.1) is 0 Å². The smallest absolute Gasteiger partial charge is 0.416 e. The lowest BCUT2D eigenvalue weighted by molar-refractivity contribution is -0.145. The summed E-state index contributed by atoms with van der Waals surface area (Å²) in [5.74, 6) is -0.572. The van der Waals surface area contributed by atoms with Crippen LogP contribution in [0.1, 0.15) is 86.7 Å².